The van der Waals surface area contributed by atoms with E-state index in [0.717, 1.165) is 6.42 Å². The van der Waals surface area contributed by atoms with E-state index in [9.17, 15) is 4.79 Å². The van der Waals surface area contributed by atoms with E-state index in [4.69, 9.17) is 14.2 Å². The van der Waals surface area contributed by atoms with Crippen molar-refractivity contribution in [1.82, 2.24) is 0 Å². The third-order valence-electron chi connectivity index (χ3n) is 1.28. The lowest BCUT2D eigenvalue weighted by Gasteiger charge is -2.19. The third kappa shape index (κ3) is 9.48. The van der Waals surface area contributed by atoms with Crippen molar-refractivity contribution in [3.05, 3.63) is 0 Å². The Hall–Kier alpha value is -0.610. The summed E-state index contributed by atoms with van der Waals surface area (Å²) in [4.78, 5) is 11.1. The first-order valence-corrected chi connectivity index (χ1v) is 4.74. The summed E-state index contributed by atoms with van der Waals surface area (Å²) in [6, 6.07) is 0. The molecule has 0 bridgehead atoms. The Labute approximate surface area is 85.5 Å². The Bertz CT molecular complexity index is 160. The molecule has 0 aromatic rings. The lowest BCUT2D eigenvalue weighted by molar-refractivity contribution is -0.160. The minimum atomic E-state index is -0.438. The largest absolute Gasteiger partial charge is 0.458 e. The van der Waals surface area contributed by atoms with Crippen molar-refractivity contribution in [2.75, 3.05) is 26.9 Å². The highest BCUT2D eigenvalue weighted by molar-refractivity contribution is 5.71. The highest BCUT2D eigenvalue weighted by atomic mass is 16.6. The van der Waals surface area contributed by atoms with Crippen LogP contribution in [0.1, 0.15) is 27.2 Å². The molecule has 4 nitrogen and oxygen atoms in total. The van der Waals surface area contributed by atoms with Crippen molar-refractivity contribution in [2.24, 2.45) is 0 Å². The zero-order valence-electron chi connectivity index (χ0n) is 9.46. The van der Waals surface area contributed by atoms with Crippen molar-refractivity contribution in [1.29, 1.82) is 0 Å². The monoisotopic (exact) mass is 204 g/mol. The minimum Gasteiger partial charge on any atom is -0.458 e. The lowest BCUT2D eigenvalue weighted by atomic mass is 10.2. The molecular formula is C10H20O4. The van der Waals surface area contributed by atoms with E-state index < -0.39 is 5.60 Å². The van der Waals surface area contributed by atoms with Crippen LogP contribution in [-0.4, -0.2) is 38.5 Å². The van der Waals surface area contributed by atoms with Gasteiger partial charge in [0.1, 0.15) is 12.2 Å². The predicted molar refractivity (Wildman–Crippen MR) is 53.2 cm³/mol. The van der Waals surface area contributed by atoms with Gasteiger partial charge in [-0.25, -0.2) is 4.79 Å². The van der Waals surface area contributed by atoms with E-state index in [1.807, 2.05) is 20.8 Å². The van der Waals surface area contributed by atoms with Crippen molar-refractivity contribution in [3.8, 4) is 0 Å². The van der Waals surface area contributed by atoms with Gasteiger partial charge in [-0.05, 0) is 27.2 Å². The van der Waals surface area contributed by atoms with Crippen molar-refractivity contribution in [2.45, 2.75) is 32.8 Å². The Kier molecular flexibility index (Phi) is 6.49. The molecule has 0 radical (unpaired) electrons. The summed E-state index contributed by atoms with van der Waals surface area (Å²) in [6.07, 6.45) is 0.791. The number of hydrogen-bond donors (Lipinski definition) is 0. The van der Waals surface area contributed by atoms with Crippen molar-refractivity contribution in [3.63, 3.8) is 0 Å². The summed E-state index contributed by atoms with van der Waals surface area (Å²) in [5, 5.41) is 0. The van der Waals surface area contributed by atoms with Gasteiger partial charge in [-0.15, -0.1) is 0 Å². The third-order valence-corrected chi connectivity index (χ3v) is 1.28. The van der Waals surface area contributed by atoms with Gasteiger partial charge in [0.15, 0.2) is 0 Å². The summed E-state index contributed by atoms with van der Waals surface area (Å²) < 4.78 is 15.0. The number of methoxy groups -OCH3 is 1. The lowest BCUT2D eigenvalue weighted by Crippen LogP contribution is -2.26. The number of hydrogen-bond acceptors (Lipinski definition) is 4. The second-order valence-corrected chi connectivity index (χ2v) is 3.99. The maximum atomic E-state index is 11.1. The van der Waals surface area contributed by atoms with Crippen molar-refractivity contribution < 1.29 is 19.0 Å². The number of carbonyl (C=O) groups excluding carboxylic acids is 1. The van der Waals surface area contributed by atoms with E-state index in [2.05, 4.69) is 0 Å². The maximum absolute atomic E-state index is 11.1. The molecule has 0 atom stereocenters. The minimum absolute atomic E-state index is 0.0149. The molecule has 0 fully saturated rings. The van der Waals surface area contributed by atoms with Gasteiger partial charge >= 0.3 is 5.97 Å². The van der Waals surface area contributed by atoms with Crippen LogP contribution in [0.2, 0.25) is 0 Å². The molecule has 0 aliphatic carbocycles. The van der Waals surface area contributed by atoms with E-state index in [1.54, 1.807) is 7.11 Å². The van der Waals surface area contributed by atoms with E-state index in [-0.39, 0.29) is 12.6 Å². The molecule has 0 N–H and O–H groups in total. The van der Waals surface area contributed by atoms with Crippen LogP contribution in [0.4, 0.5) is 0 Å². The first kappa shape index (κ1) is 13.4. The van der Waals surface area contributed by atoms with Gasteiger partial charge in [-0.2, -0.15) is 0 Å². The van der Waals surface area contributed by atoms with Gasteiger partial charge in [0.25, 0.3) is 0 Å². The summed E-state index contributed by atoms with van der Waals surface area (Å²) in [7, 11) is 1.63. The second kappa shape index (κ2) is 6.79. The fourth-order valence-corrected chi connectivity index (χ4v) is 0.832. The SMILES string of the molecule is COCCCOCC(=O)OC(C)(C)C. The molecule has 0 aromatic heterocycles. The molecular weight excluding hydrogens is 184 g/mol. The topological polar surface area (TPSA) is 44.8 Å². The van der Waals surface area contributed by atoms with Crippen LogP contribution in [0, 0.1) is 0 Å². The zero-order chi connectivity index (χ0) is 11.0. The molecule has 0 heterocycles. The van der Waals surface area contributed by atoms with Crippen LogP contribution in [-0.2, 0) is 19.0 Å². The first-order valence-electron chi connectivity index (χ1n) is 4.74. The molecule has 14 heavy (non-hydrogen) atoms. The van der Waals surface area contributed by atoms with Crippen molar-refractivity contribution >= 4 is 5.97 Å². The van der Waals surface area contributed by atoms with Gasteiger partial charge in [0, 0.05) is 20.3 Å². The fourth-order valence-electron chi connectivity index (χ4n) is 0.832. The summed E-state index contributed by atoms with van der Waals surface area (Å²) in [6.45, 7) is 6.67. The Morgan fingerprint density at radius 3 is 2.36 bits per heavy atom. The van der Waals surface area contributed by atoms with Gasteiger partial charge < -0.3 is 14.2 Å². The Balaban J connectivity index is 3.36. The molecule has 0 aromatic carbocycles. The van der Waals surface area contributed by atoms with Crippen LogP contribution >= 0.6 is 0 Å². The molecule has 4 heteroatoms. The van der Waals surface area contributed by atoms with E-state index >= 15 is 0 Å². The average molecular weight is 204 g/mol. The molecule has 0 aliphatic heterocycles. The smallest absolute Gasteiger partial charge is 0.332 e. The number of rotatable bonds is 6. The molecule has 84 valence electrons. The average Bonchev–Trinajstić information content (AvgIpc) is 2.00. The number of carbonyl (C=O) groups is 1. The fraction of sp³-hybridized carbons (Fsp3) is 0.900. The molecule has 0 aliphatic rings. The zero-order valence-corrected chi connectivity index (χ0v) is 9.46. The first-order chi connectivity index (χ1) is 6.45. The van der Waals surface area contributed by atoms with Crippen LogP contribution in [0.5, 0.6) is 0 Å². The molecule has 0 rings (SSSR count). The van der Waals surface area contributed by atoms with Gasteiger partial charge in [0.2, 0.25) is 0 Å². The highest BCUT2D eigenvalue weighted by Gasteiger charge is 2.15. The molecule has 0 amide bonds. The molecule has 0 unspecified atom stereocenters. The van der Waals surface area contributed by atoms with E-state index in [1.165, 1.54) is 0 Å². The normalized spacial score (nSPS) is 11.4. The molecule has 0 saturated heterocycles. The predicted octanol–water partition coefficient (Wildman–Crippen LogP) is 1.38. The molecule has 0 spiro atoms. The number of ether oxygens (including phenoxy) is 3. The van der Waals surface area contributed by atoms with Gasteiger partial charge in [-0.1, -0.05) is 0 Å². The Morgan fingerprint density at radius 1 is 1.21 bits per heavy atom. The van der Waals surface area contributed by atoms with Gasteiger partial charge in [-0.3, -0.25) is 0 Å². The maximum Gasteiger partial charge on any atom is 0.332 e. The Morgan fingerprint density at radius 2 is 1.86 bits per heavy atom. The summed E-state index contributed by atoms with van der Waals surface area (Å²) >= 11 is 0. The van der Waals surface area contributed by atoms with Crippen LogP contribution in [0.3, 0.4) is 0 Å². The van der Waals surface area contributed by atoms with Crippen LogP contribution < -0.4 is 0 Å². The van der Waals surface area contributed by atoms with Gasteiger partial charge in [0.05, 0.1) is 0 Å². The van der Waals surface area contributed by atoms with Crippen LogP contribution in [0.15, 0.2) is 0 Å². The highest BCUT2D eigenvalue weighted by Crippen LogP contribution is 2.06. The number of esters is 1. The quantitative estimate of drug-likeness (QED) is 0.484. The summed E-state index contributed by atoms with van der Waals surface area (Å²) in [5.74, 6) is -0.324. The standard InChI is InChI=1S/C10H20O4/c1-10(2,3)14-9(11)8-13-7-5-6-12-4/h5-8H2,1-4H3. The second-order valence-electron chi connectivity index (χ2n) is 3.99. The summed E-state index contributed by atoms with van der Waals surface area (Å²) in [5.41, 5.74) is -0.438. The van der Waals surface area contributed by atoms with Crippen LogP contribution in [0.25, 0.3) is 0 Å². The van der Waals surface area contributed by atoms with E-state index in [0.29, 0.717) is 13.2 Å². The molecule has 0 saturated carbocycles.